The Morgan fingerprint density at radius 1 is 0.571 bits per heavy atom. The number of aromatic nitrogens is 4. The Hall–Kier alpha value is -3.42. The molecule has 2 heterocycles. The third-order valence-corrected chi connectivity index (χ3v) is 7.53. The summed E-state index contributed by atoms with van der Waals surface area (Å²) >= 11 is 0. The van der Waals surface area contributed by atoms with E-state index in [0.717, 1.165) is 55.6 Å². The predicted molar refractivity (Wildman–Crippen MR) is 177 cm³/mol. The van der Waals surface area contributed by atoms with Crippen LogP contribution in [0.5, 0.6) is 0 Å². The van der Waals surface area contributed by atoms with Gasteiger partial charge in [-0.25, -0.2) is 9.97 Å². The van der Waals surface area contributed by atoms with Crippen LogP contribution in [-0.4, -0.2) is 46.1 Å². The maximum absolute atomic E-state index is 5.07. The van der Waals surface area contributed by atoms with Crippen LogP contribution in [0.1, 0.15) is 96.5 Å². The first kappa shape index (κ1) is 31.5. The summed E-state index contributed by atoms with van der Waals surface area (Å²) in [5, 5.41) is 14.0. The van der Waals surface area contributed by atoms with E-state index in [1.807, 2.05) is 0 Å². The molecule has 0 radical (unpaired) electrons. The first-order valence-corrected chi connectivity index (χ1v) is 15.9. The van der Waals surface area contributed by atoms with Crippen molar-refractivity contribution in [3.05, 3.63) is 59.4 Å². The number of hydrogen-bond donors (Lipinski definition) is 4. The summed E-state index contributed by atoms with van der Waals surface area (Å²) in [5.41, 5.74) is 3.48. The Morgan fingerprint density at radius 2 is 0.976 bits per heavy atom. The topological polar surface area (TPSA) is 99.7 Å². The third kappa shape index (κ3) is 8.79. The van der Waals surface area contributed by atoms with Crippen LogP contribution in [0.2, 0.25) is 0 Å². The van der Waals surface area contributed by atoms with Crippen LogP contribution in [0, 0.1) is 23.7 Å². The summed E-state index contributed by atoms with van der Waals surface area (Å²) in [5.74, 6) is 6.00. The number of rotatable bonds is 15. The summed E-state index contributed by atoms with van der Waals surface area (Å²) in [4.78, 5) is 19.8. The molecule has 1 aromatic carbocycles. The number of nitrogens with zero attached hydrogens (tertiary/aromatic N) is 4. The molecule has 1 aliphatic rings. The van der Waals surface area contributed by atoms with Crippen molar-refractivity contribution in [2.24, 2.45) is 23.7 Å². The van der Waals surface area contributed by atoms with E-state index in [4.69, 9.17) is 19.9 Å². The maximum Gasteiger partial charge on any atom is 0.224 e. The minimum Gasteiger partial charge on any atom is -0.370 e. The van der Waals surface area contributed by atoms with Gasteiger partial charge in [0.25, 0.3) is 0 Å². The zero-order chi connectivity index (χ0) is 30.2. The third-order valence-electron chi connectivity index (χ3n) is 7.53. The van der Waals surface area contributed by atoms with E-state index in [1.54, 1.807) is 0 Å². The lowest BCUT2D eigenvalue weighted by atomic mass is 9.59. The first-order valence-electron chi connectivity index (χ1n) is 15.9. The number of benzene rings is 1. The lowest BCUT2D eigenvalue weighted by Gasteiger charge is -2.45. The molecule has 0 spiro atoms. The van der Waals surface area contributed by atoms with Crippen molar-refractivity contribution in [1.82, 2.24) is 19.9 Å². The van der Waals surface area contributed by atoms with Crippen LogP contribution in [0.15, 0.2) is 42.5 Å². The van der Waals surface area contributed by atoms with Gasteiger partial charge in [0.1, 0.15) is 11.6 Å². The average molecular weight is 573 g/mol. The van der Waals surface area contributed by atoms with Crippen molar-refractivity contribution in [2.45, 2.75) is 79.6 Å². The minimum absolute atomic E-state index is 0.253. The van der Waals surface area contributed by atoms with Gasteiger partial charge in [-0.05, 0) is 35.7 Å². The highest BCUT2D eigenvalue weighted by Gasteiger charge is 2.45. The smallest absolute Gasteiger partial charge is 0.224 e. The molecule has 8 heteroatoms. The van der Waals surface area contributed by atoms with Crippen LogP contribution in [0.4, 0.5) is 23.5 Å². The fourth-order valence-corrected chi connectivity index (χ4v) is 5.26. The Balaban J connectivity index is 1.70. The Morgan fingerprint density at radius 3 is 1.38 bits per heavy atom. The van der Waals surface area contributed by atoms with Crippen molar-refractivity contribution in [3.63, 3.8) is 0 Å². The molecule has 2 atom stereocenters. The molecular formula is C34H52N8. The molecule has 1 aliphatic carbocycles. The second-order valence-electron chi connectivity index (χ2n) is 13.5. The largest absolute Gasteiger partial charge is 0.370 e. The van der Waals surface area contributed by atoms with Gasteiger partial charge in [-0.3, -0.25) is 0 Å². The van der Waals surface area contributed by atoms with Crippen molar-refractivity contribution >= 4 is 23.5 Å². The molecular weight excluding hydrogens is 520 g/mol. The molecule has 4 rings (SSSR count). The normalized spacial score (nSPS) is 17.1. The number of anilines is 4. The SMILES string of the molecule is CC(C)CNc1cc([C@H]2C[C@H](c3cc(NCC(C)C)nc(NCC(C)C)n3)C2c2ccccc2)nc(NCC(C)C)n1. The van der Waals surface area contributed by atoms with Gasteiger partial charge < -0.3 is 21.3 Å². The summed E-state index contributed by atoms with van der Waals surface area (Å²) in [6.45, 7) is 21.1. The summed E-state index contributed by atoms with van der Waals surface area (Å²) in [7, 11) is 0. The molecule has 1 fully saturated rings. The van der Waals surface area contributed by atoms with E-state index >= 15 is 0 Å². The second kappa shape index (κ2) is 14.7. The van der Waals surface area contributed by atoms with E-state index in [1.165, 1.54) is 5.56 Å². The van der Waals surface area contributed by atoms with E-state index in [0.29, 0.717) is 35.6 Å². The molecule has 8 nitrogen and oxygen atoms in total. The first-order chi connectivity index (χ1) is 20.1. The molecule has 0 bridgehead atoms. The van der Waals surface area contributed by atoms with E-state index in [9.17, 15) is 0 Å². The highest BCUT2D eigenvalue weighted by molar-refractivity contribution is 5.49. The van der Waals surface area contributed by atoms with Gasteiger partial charge in [0.2, 0.25) is 11.9 Å². The van der Waals surface area contributed by atoms with E-state index in [-0.39, 0.29) is 17.8 Å². The molecule has 0 amide bonds. The Bertz CT molecular complexity index is 1120. The fraction of sp³-hybridized carbons (Fsp3) is 0.588. The standard InChI is InChI=1S/C34H52N8/c1-21(2)17-35-30-15-28(39-33(41-30)37-19-23(5)6)26-14-27(32(26)25-12-10-9-11-13-25)29-16-31(36-18-22(3)4)42-34(40-29)38-20-24(7)8/h9-13,15-16,21-24,26-27,32H,14,17-20H2,1-8H3,(H2,35,37,39,41)(H2,36,38,40,42)/t26-,27-/m1/s1. The molecule has 1 saturated carbocycles. The highest BCUT2D eigenvalue weighted by Crippen LogP contribution is 2.58. The molecule has 42 heavy (non-hydrogen) atoms. The van der Waals surface area contributed by atoms with Crippen molar-refractivity contribution in [1.29, 1.82) is 0 Å². The zero-order valence-corrected chi connectivity index (χ0v) is 26.9. The maximum atomic E-state index is 5.07. The lowest BCUT2D eigenvalue weighted by Crippen LogP contribution is -2.33. The summed E-state index contributed by atoms with van der Waals surface area (Å²) < 4.78 is 0. The zero-order valence-electron chi connectivity index (χ0n) is 26.9. The molecule has 3 aromatic rings. The molecule has 0 unspecified atom stereocenters. The fourth-order valence-electron chi connectivity index (χ4n) is 5.26. The van der Waals surface area contributed by atoms with E-state index < -0.39 is 0 Å². The van der Waals surface area contributed by atoms with Gasteiger partial charge in [0, 0.05) is 56.1 Å². The van der Waals surface area contributed by atoms with Gasteiger partial charge in [0.15, 0.2) is 0 Å². The van der Waals surface area contributed by atoms with Gasteiger partial charge in [-0.2, -0.15) is 9.97 Å². The molecule has 4 N–H and O–H groups in total. The van der Waals surface area contributed by atoms with Crippen LogP contribution in [0.25, 0.3) is 0 Å². The minimum atomic E-state index is 0.253. The van der Waals surface area contributed by atoms with Gasteiger partial charge in [-0.1, -0.05) is 85.7 Å². The molecule has 0 aliphatic heterocycles. The van der Waals surface area contributed by atoms with Crippen LogP contribution in [0.3, 0.4) is 0 Å². The highest BCUT2D eigenvalue weighted by atomic mass is 15.2. The lowest BCUT2D eigenvalue weighted by molar-refractivity contribution is 0.275. The van der Waals surface area contributed by atoms with Gasteiger partial charge >= 0.3 is 0 Å². The van der Waals surface area contributed by atoms with Crippen molar-refractivity contribution in [2.75, 3.05) is 47.4 Å². The van der Waals surface area contributed by atoms with E-state index in [2.05, 4.69) is 119 Å². The number of hydrogen-bond acceptors (Lipinski definition) is 8. The van der Waals surface area contributed by atoms with Crippen LogP contribution in [-0.2, 0) is 0 Å². The van der Waals surface area contributed by atoms with Crippen molar-refractivity contribution < 1.29 is 0 Å². The number of nitrogens with one attached hydrogen (secondary N) is 4. The Labute approximate surface area is 253 Å². The predicted octanol–water partition coefficient (Wildman–Crippen LogP) is 7.59. The molecule has 0 saturated heterocycles. The van der Waals surface area contributed by atoms with Crippen molar-refractivity contribution in [3.8, 4) is 0 Å². The van der Waals surface area contributed by atoms with Gasteiger partial charge in [0.05, 0.1) is 11.4 Å². The van der Waals surface area contributed by atoms with Crippen LogP contribution >= 0.6 is 0 Å². The molecule has 228 valence electrons. The van der Waals surface area contributed by atoms with Gasteiger partial charge in [-0.15, -0.1) is 0 Å². The summed E-state index contributed by atoms with van der Waals surface area (Å²) in [6.07, 6.45) is 0.966. The molecule has 2 aromatic heterocycles. The quantitative estimate of drug-likeness (QED) is 0.148. The van der Waals surface area contributed by atoms with Crippen LogP contribution < -0.4 is 21.3 Å². The second-order valence-corrected chi connectivity index (χ2v) is 13.5. The monoisotopic (exact) mass is 572 g/mol. The summed E-state index contributed by atoms with van der Waals surface area (Å²) in [6, 6.07) is 15.2. The Kier molecular flexibility index (Phi) is 11.0. The average Bonchev–Trinajstić information content (AvgIpc) is 2.93.